The van der Waals surface area contributed by atoms with Crippen LogP contribution in [0.5, 0.6) is 0 Å². The normalized spacial score (nSPS) is 23.9. The number of hydrogen-bond donors (Lipinski definition) is 2. The first-order chi connectivity index (χ1) is 20.7. The van der Waals surface area contributed by atoms with E-state index in [0.29, 0.717) is 17.0 Å². The molecule has 3 aliphatic rings. The van der Waals surface area contributed by atoms with E-state index in [4.69, 9.17) is 9.47 Å². The molecule has 5 atom stereocenters. The van der Waals surface area contributed by atoms with Gasteiger partial charge in [0, 0.05) is 25.6 Å². The first-order valence-corrected chi connectivity index (χ1v) is 14.1. The summed E-state index contributed by atoms with van der Waals surface area (Å²) in [7, 11) is 0. The zero-order valence-electron chi connectivity index (χ0n) is 25.0. The number of likely N-dealkylation sites (N-methyl/N-ethyl adjacent to an activating group) is 1. The Hall–Kier alpha value is -4.82. The van der Waals surface area contributed by atoms with Crippen LogP contribution >= 0.6 is 0 Å². The summed E-state index contributed by atoms with van der Waals surface area (Å²) in [4.78, 5) is 105. The second-order valence-electron chi connectivity index (χ2n) is 11.7. The molecule has 4 rings (SSSR count). The van der Waals surface area contributed by atoms with Gasteiger partial charge in [-0.25, -0.2) is 9.59 Å². The maximum atomic E-state index is 13.5. The van der Waals surface area contributed by atoms with Gasteiger partial charge in [-0.2, -0.15) is 0 Å². The van der Waals surface area contributed by atoms with Gasteiger partial charge in [-0.05, 0) is 33.3 Å². The van der Waals surface area contributed by atoms with E-state index in [-0.39, 0.29) is 13.1 Å². The van der Waals surface area contributed by atoms with Crippen LogP contribution < -0.4 is 10.6 Å². The summed E-state index contributed by atoms with van der Waals surface area (Å²) in [5.74, 6) is -6.45. The fourth-order valence-corrected chi connectivity index (χ4v) is 5.24. The number of urea groups is 1. The van der Waals surface area contributed by atoms with E-state index in [1.54, 1.807) is 58.0 Å². The second-order valence-corrected chi connectivity index (χ2v) is 11.7. The summed E-state index contributed by atoms with van der Waals surface area (Å²) in [6.07, 6.45) is 0. The van der Waals surface area contributed by atoms with Gasteiger partial charge in [-0.3, -0.25) is 33.7 Å². The summed E-state index contributed by atoms with van der Waals surface area (Å²) >= 11 is 0. The van der Waals surface area contributed by atoms with Gasteiger partial charge in [-0.1, -0.05) is 37.3 Å². The maximum absolute atomic E-state index is 13.5. The van der Waals surface area contributed by atoms with Crippen LogP contribution in [0.4, 0.5) is 4.79 Å². The molecule has 1 aromatic rings. The lowest BCUT2D eigenvalue weighted by Gasteiger charge is -2.44. The van der Waals surface area contributed by atoms with Gasteiger partial charge in [0.2, 0.25) is 18.6 Å². The van der Waals surface area contributed by atoms with Crippen molar-refractivity contribution in [2.24, 2.45) is 11.3 Å². The SMILES string of the molecule is CCN1CCN(C(=O)NC(C(=O)NC2C(=O)N3C(C(=O)OCOC(=O)C(C)(C)C)C(C)C(=O)[C@H]23)c2ccccc2)C(=O)C1=O. The van der Waals surface area contributed by atoms with Crippen molar-refractivity contribution in [1.29, 1.82) is 0 Å². The van der Waals surface area contributed by atoms with Crippen molar-refractivity contribution in [3.63, 3.8) is 0 Å². The van der Waals surface area contributed by atoms with Crippen molar-refractivity contribution in [3.05, 3.63) is 35.9 Å². The maximum Gasteiger partial charge on any atom is 0.332 e. The van der Waals surface area contributed by atoms with Gasteiger partial charge in [0.05, 0.1) is 5.41 Å². The highest BCUT2D eigenvalue weighted by atomic mass is 16.7. The predicted molar refractivity (Wildman–Crippen MR) is 149 cm³/mol. The molecule has 236 valence electrons. The van der Waals surface area contributed by atoms with Crippen LogP contribution in [0.1, 0.15) is 46.2 Å². The molecule has 3 aliphatic heterocycles. The van der Waals surface area contributed by atoms with Crippen LogP contribution in [-0.4, -0.2) is 107 Å². The average Bonchev–Trinajstić information content (AvgIpc) is 3.22. The molecule has 3 fully saturated rings. The minimum absolute atomic E-state index is 0.0786. The Morgan fingerprint density at radius 3 is 2.25 bits per heavy atom. The molecule has 3 saturated heterocycles. The molecule has 0 aromatic heterocycles. The minimum Gasteiger partial charge on any atom is -0.427 e. The van der Waals surface area contributed by atoms with E-state index >= 15 is 0 Å². The largest absolute Gasteiger partial charge is 0.427 e. The molecule has 15 heteroatoms. The number of nitrogens with zero attached hydrogens (tertiary/aromatic N) is 3. The highest BCUT2D eigenvalue weighted by Crippen LogP contribution is 2.37. The van der Waals surface area contributed by atoms with Gasteiger partial charge in [0.15, 0.2) is 5.78 Å². The van der Waals surface area contributed by atoms with Gasteiger partial charge >= 0.3 is 29.8 Å². The Morgan fingerprint density at radius 1 is 0.977 bits per heavy atom. The molecule has 2 N–H and O–H groups in total. The summed E-state index contributed by atoms with van der Waals surface area (Å²) in [6, 6.07) is 1.85. The number of hydrogen-bond acceptors (Lipinski definition) is 10. The van der Waals surface area contributed by atoms with Crippen molar-refractivity contribution in [1.82, 2.24) is 25.3 Å². The molecule has 0 saturated carbocycles. The van der Waals surface area contributed by atoms with E-state index in [9.17, 15) is 38.4 Å². The number of carbonyl (C=O) groups is 8. The van der Waals surface area contributed by atoms with Gasteiger partial charge in [0.1, 0.15) is 24.2 Å². The minimum atomic E-state index is -1.40. The second kappa shape index (κ2) is 12.4. The quantitative estimate of drug-likeness (QED) is 0.167. The number of piperazine rings is 1. The number of carbonyl (C=O) groups excluding carboxylic acids is 8. The zero-order chi connectivity index (χ0) is 32.5. The molecule has 15 nitrogen and oxygen atoms in total. The number of Topliss-reactive ketones (excluding diaryl/α,β-unsaturated/α-hetero) is 1. The highest BCUT2D eigenvalue weighted by Gasteiger charge is 2.64. The number of esters is 2. The van der Waals surface area contributed by atoms with Crippen LogP contribution in [-0.2, 0) is 43.0 Å². The standard InChI is InChI=1S/C29H35N5O10/c1-6-32-12-13-33(25(39)24(32)38)28(42)31-17(16-10-8-7-9-11-16)22(36)30-18-20-21(35)15(2)19(34(20)23(18)37)26(40)43-14-44-27(41)29(3,4)5/h7-11,15,17-20H,6,12-14H2,1-5H3,(H,30,36)(H,31,42)/t15?,17?,18?,19?,20-/m0/s1. The number of rotatable bonds is 8. The zero-order valence-corrected chi connectivity index (χ0v) is 25.0. The van der Waals surface area contributed by atoms with E-state index in [1.807, 2.05) is 0 Å². The van der Waals surface area contributed by atoms with Gasteiger partial charge < -0.3 is 29.9 Å². The van der Waals surface area contributed by atoms with Gasteiger partial charge in [0.25, 0.3) is 0 Å². The van der Waals surface area contributed by atoms with Crippen molar-refractivity contribution < 1.29 is 47.8 Å². The topological polar surface area (TPSA) is 189 Å². The number of fused-ring (bicyclic) bond motifs is 1. The number of amides is 6. The number of benzene rings is 1. The molecule has 0 spiro atoms. The summed E-state index contributed by atoms with van der Waals surface area (Å²) < 4.78 is 9.97. The highest BCUT2D eigenvalue weighted by molar-refractivity contribution is 6.38. The number of ketones is 1. The van der Waals surface area contributed by atoms with E-state index in [1.165, 1.54) is 11.8 Å². The third-order valence-corrected chi connectivity index (χ3v) is 7.79. The molecule has 3 heterocycles. The predicted octanol–water partition coefficient (Wildman–Crippen LogP) is -0.499. The van der Waals surface area contributed by atoms with Crippen LogP contribution in [0, 0.1) is 11.3 Å². The Labute approximate surface area is 253 Å². The average molecular weight is 614 g/mol. The molecular formula is C29H35N5O10. The van der Waals surface area contributed by atoms with Crippen LogP contribution in [0.15, 0.2) is 30.3 Å². The Balaban J connectivity index is 1.45. The monoisotopic (exact) mass is 613 g/mol. The summed E-state index contributed by atoms with van der Waals surface area (Å²) in [5.41, 5.74) is -0.522. The van der Waals surface area contributed by atoms with E-state index < -0.39 is 89.7 Å². The lowest BCUT2D eigenvalue weighted by Crippen LogP contribution is -2.72. The van der Waals surface area contributed by atoms with Gasteiger partial charge in [-0.15, -0.1) is 0 Å². The first-order valence-electron chi connectivity index (χ1n) is 14.1. The fraction of sp³-hybridized carbons (Fsp3) is 0.517. The van der Waals surface area contributed by atoms with Crippen LogP contribution in [0.3, 0.4) is 0 Å². The number of imide groups is 1. The lowest BCUT2D eigenvalue weighted by molar-refractivity contribution is -0.180. The molecule has 6 amide bonds. The Bertz CT molecular complexity index is 1390. The van der Waals surface area contributed by atoms with E-state index in [0.717, 1.165) is 4.90 Å². The lowest BCUT2D eigenvalue weighted by atomic mass is 9.92. The first kappa shape index (κ1) is 32.1. The molecular weight excluding hydrogens is 578 g/mol. The van der Waals surface area contributed by atoms with Crippen molar-refractivity contribution >= 4 is 47.4 Å². The molecule has 0 aliphatic carbocycles. The number of ether oxygens (including phenoxy) is 2. The molecule has 44 heavy (non-hydrogen) atoms. The van der Waals surface area contributed by atoms with Crippen LogP contribution in [0.25, 0.3) is 0 Å². The third-order valence-electron chi connectivity index (χ3n) is 7.79. The van der Waals surface area contributed by atoms with E-state index in [2.05, 4.69) is 10.6 Å². The van der Waals surface area contributed by atoms with Crippen molar-refractivity contribution in [3.8, 4) is 0 Å². The van der Waals surface area contributed by atoms with Crippen molar-refractivity contribution in [2.45, 2.75) is 58.8 Å². The number of nitrogens with one attached hydrogen (secondary N) is 2. The summed E-state index contributed by atoms with van der Waals surface area (Å²) in [5, 5.41) is 4.96. The molecule has 1 aromatic carbocycles. The fourth-order valence-electron chi connectivity index (χ4n) is 5.24. The Kier molecular flexibility index (Phi) is 9.06. The summed E-state index contributed by atoms with van der Waals surface area (Å²) in [6.45, 7) is 7.66. The molecule has 0 radical (unpaired) electrons. The van der Waals surface area contributed by atoms with Crippen LogP contribution in [0.2, 0.25) is 0 Å². The Morgan fingerprint density at radius 2 is 1.64 bits per heavy atom. The van der Waals surface area contributed by atoms with Crippen molar-refractivity contribution in [2.75, 3.05) is 26.4 Å². The smallest absolute Gasteiger partial charge is 0.332 e. The molecule has 0 bridgehead atoms. The third kappa shape index (κ3) is 5.98. The number of β-lactam (4-membered cyclic amide) rings is 1. The molecule has 4 unspecified atom stereocenters.